The Kier molecular flexibility index (Phi) is 4.01. The zero-order chi connectivity index (χ0) is 19.1. The lowest BCUT2D eigenvalue weighted by molar-refractivity contribution is -0.398. The first-order valence-corrected chi connectivity index (χ1v) is 10.3. The predicted octanol–water partition coefficient (Wildman–Crippen LogP) is 2.21. The van der Waals surface area contributed by atoms with E-state index in [2.05, 4.69) is 13.8 Å². The van der Waals surface area contributed by atoms with Gasteiger partial charge in [-0.2, -0.15) is 0 Å². The second kappa shape index (κ2) is 5.53. The molecule has 0 unspecified atom stereocenters. The Hall–Kier alpha value is -0.490. The Bertz CT molecular complexity index is 614. The second-order valence-electron chi connectivity index (χ2n) is 10.5. The van der Waals surface area contributed by atoms with Crippen molar-refractivity contribution >= 4 is 5.78 Å². The highest BCUT2D eigenvalue weighted by atomic mass is 16.6. The van der Waals surface area contributed by atoms with E-state index in [1.807, 2.05) is 0 Å². The fraction of sp³-hybridized carbons (Fsp3) is 0.952. The minimum absolute atomic E-state index is 0.0123. The van der Waals surface area contributed by atoms with Crippen molar-refractivity contribution in [3.05, 3.63) is 0 Å². The minimum atomic E-state index is -2.46. The van der Waals surface area contributed by atoms with Gasteiger partial charge in [-0.05, 0) is 80.0 Å². The van der Waals surface area contributed by atoms with Crippen LogP contribution in [0.25, 0.3) is 0 Å². The Morgan fingerprint density at radius 2 is 1.50 bits per heavy atom. The van der Waals surface area contributed by atoms with Crippen molar-refractivity contribution in [1.29, 1.82) is 0 Å². The molecule has 4 aliphatic carbocycles. The molecule has 0 aromatic rings. The lowest BCUT2D eigenvalue weighted by Crippen LogP contribution is -2.66. The summed E-state index contributed by atoms with van der Waals surface area (Å²) in [6.45, 7) is 6.17. The van der Waals surface area contributed by atoms with Crippen molar-refractivity contribution in [3.63, 3.8) is 0 Å². The van der Waals surface area contributed by atoms with Gasteiger partial charge in [-0.3, -0.25) is 4.79 Å². The average Bonchev–Trinajstić information content (AvgIpc) is 2.86. The van der Waals surface area contributed by atoms with Crippen molar-refractivity contribution in [2.24, 2.45) is 40.4 Å². The molecule has 5 heteroatoms. The van der Waals surface area contributed by atoms with Crippen LogP contribution >= 0.6 is 0 Å². The van der Waals surface area contributed by atoms with Gasteiger partial charge in [0.15, 0.2) is 0 Å². The van der Waals surface area contributed by atoms with Gasteiger partial charge in [0.2, 0.25) is 11.6 Å². The standard InChI is InChI=1S/C21H34O5/c1-12(22)15-6-7-16-14-5-4-13-10-20(23,24)21(25,26)11-19(13,3)17(14)8-9-18(15,16)2/h13-17,23-26H,4-11H2,1-3H3/t13-,14+,15-,16+,17+,18-,19+/m1/s1. The second-order valence-corrected chi connectivity index (χ2v) is 10.5. The van der Waals surface area contributed by atoms with E-state index >= 15 is 0 Å². The summed E-state index contributed by atoms with van der Waals surface area (Å²) in [5.41, 5.74) is -0.213. The van der Waals surface area contributed by atoms with Gasteiger partial charge in [-0.15, -0.1) is 0 Å². The van der Waals surface area contributed by atoms with Crippen LogP contribution in [-0.2, 0) is 4.79 Å². The lowest BCUT2D eigenvalue weighted by Gasteiger charge is -2.63. The highest BCUT2D eigenvalue weighted by molar-refractivity contribution is 5.79. The summed E-state index contributed by atoms with van der Waals surface area (Å²) in [5, 5.41) is 41.0. The van der Waals surface area contributed by atoms with Crippen LogP contribution in [0.1, 0.15) is 72.1 Å². The lowest BCUT2D eigenvalue weighted by atomic mass is 9.43. The van der Waals surface area contributed by atoms with Crippen LogP contribution in [0.2, 0.25) is 0 Å². The summed E-state index contributed by atoms with van der Waals surface area (Å²) in [6.07, 6.45) is 6.07. The molecule has 0 spiro atoms. The topological polar surface area (TPSA) is 98.0 Å². The first-order valence-electron chi connectivity index (χ1n) is 10.3. The summed E-state index contributed by atoms with van der Waals surface area (Å²) in [7, 11) is 0. The van der Waals surface area contributed by atoms with Crippen molar-refractivity contribution < 1.29 is 25.2 Å². The van der Waals surface area contributed by atoms with E-state index in [1.165, 1.54) is 0 Å². The Morgan fingerprint density at radius 3 is 2.15 bits per heavy atom. The van der Waals surface area contributed by atoms with Crippen molar-refractivity contribution in [1.82, 2.24) is 0 Å². The van der Waals surface area contributed by atoms with Crippen molar-refractivity contribution in [3.8, 4) is 0 Å². The molecule has 0 aromatic heterocycles. The van der Waals surface area contributed by atoms with Crippen LogP contribution in [0.15, 0.2) is 0 Å². The molecule has 4 fully saturated rings. The third kappa shape index (κ3) is 2.33. The summed E-state index contributed by atoms with van der Waals surface area (Å²) in [6, 6.07) is 0. The number of carbonyl (C=O) groups is 1. The molecule has 4 saturated carbocycles. The maximum Gasteiger partial charge on any atom is 0.218 e. The number of hydrogen-bond acceptors (Lipinski definition) is 5. The molecule has 0 radical (unpaired) electrons. The van der Waals surface area contributed by atoms with Crippen LogP contribution in [0.5, 0.6) is 0 Å². The van der Waals surface area contributed by atoms with Crippen LogP contribution in [0, 0.1) is 40.4 Å². The maximum absolute atomic E-state index is 12.2. The third-order valence-corrected chi connectivity index (χ3v) is 9.36. The molecule has 0 heterocycles. The van der Waals surface area contributed by atoms with Crippen molar-refractivity contribution in [2.75, 3.05) is 0 Å². The maximum atomic E-state index is 12.2. The molecule has 26 heavy (non-hydrogen) atoms. The van der Waals surface area contributed by atoms with E-state index < -0.39 is 11.6 Å². The van der Waals surface area contributed by atoms with Gasteiger partial charge in [0.05, 0.1) is 0 Å². The smallest absolute Gasteiger partial charge is 0.218 e. The van der Waals surface area contributed by atoms with Crippen molar-refractivity contribution in [2.45, 2.75) is 83.7 Å². The Morgan fingerprint density at radius 1 is 0.846 bits per heavy atom. The molecule has 0 saturated heterocycles. The van der Waals surface area contributed by atoms with Gasteiger partial charge < -0.3 is 20.4 Å². The molecular formula is C21H34O5. The third-order valence-electron chi connectivity index (χ3n) is 9.36. The minimum Gasteiger partial charge on any atom is -0.361 e. The van der Waals surface area contributed by atoms with E-state index in [0.717, 1.165) is 38.5 Å². The Balaban J connectivity index is 1.65. The summed E-state index contributed by atoms with van der Waals surface area (Å²) < 4.78 is 0. The summed E-state index contributed by atoms with van der Waals surface area (Å²) in [4.78, 5) is 12.2. The monoisotopic (exact) mass is 366 g/mol. The molecule has 0 amide bonds. The average molecular weight is 366 g/mol. The highest BCUT2D eigenvalue weighted by Crippen LogP contribution is 2.68. The Labute approximate surface area is 155 Å². The fourth-order valence-electron chi connectivity index (χ4n) is 7.99. The number of hydrogen-bond donors (Lipinski definition) is 4. The SMILES string of the molecule is CC(=O)[C@H]1CC[C@H]2[C@@H]3CC[C@@H]4CC(O)(O)C(O)(O)C[C@]4(C)[C@H]3CC[C@]12C. The number of aliphatic hydroxyl groups is 4. The van der Waals surface area contributed by atoms with E-state index in [9.17, 15) is 25.2 Å². The zero-order valence-corrected chi connectivity index (χ0v) is 16.2. The fourth-order valence-corrected chi connectivity index (χ4v) is 7.99. The molecule has 4 rings (SSSR count). The van der Waals surface area contributed by atoms with Gasteiger partial charge in [-0.1, -0.05) is 13.8 Å². The normalized spacial score (nSPS) is 51.9. The van der Waals surface area contributed by atoms with Crippen LogP contribution in [0.3, 0.4) is 0 Å². The number of Topliss-reactive ketones (excluding diaryl/α,β-unsaturated/α-hetero) is 1. The molecular weight excluding hydrogens is 332 g/mol. The molecule has 5 nitrogen and oxygen atoms in total. The number of fused-ring (bicyclic) bond motifs is 5. The van der Waals surface area contributed by atoms with Gasteiger partial charge in [0.1, 0.15) is 5.78 Å². The number of ketones is 1. The summed E-state index contributed by atoms with van der Waals surface area (Å²) in [5.74, 6) is -2.92. The molecule has 4 N–H and O–H groups in total. The molecule has 0 aromatic carbocycles. The van der Waals surface area contributed by atoms with Gasteiger partial charge in [-0.25, -0.2) is 0 Å². The van der Waals surface area contributed by atoms with Crippen LogP contribution in [-0.4, -0.2) is 37.8 Å². The van der Waals surface area contributed by atoms with E-state index in [0.29, 0.717) is 23.5 Å². The highest BCUT2D eigenvalue weighted by Gasteiger charge is 2.66. The summed E-state index contributed by atoms with van der Waals surface area (Å²) >= 11 is 0. The molecule has 4 aliphatic rings. The first kappa shape index (κ1) is 18.9. The van der Waals surface area contributed by atoms with Gasteiger partial charge in [0, 0.05) is 18.8 Å². The quantitative estimate of drug-likeness (QED) is 0.534. The molecule has 0 bridgehead atoms. The largest absolute Gasteiger partial charge is 0.361 e. The van der Waals surface area contributed by atoms with Gasteiger partial charge in [0.25, 0.3) is 0 Å². The van der Waals surface area contributed by atoms with Gasteiger partial charge >= 0.3 is 0 Å². The predicted molar refractivity (Wildman–Crippen MR) is 95.6 cm³/mol. The van der Waals surface area contributed by atoms with Crippen LogP contribution in [0.4, 0.5) is 0 Å². The molecule has 7 atom stereocenters. The van der Waals surface area contributed by atoms with E-state index in [-0.39, 0.29) is 35.5 Å². The molecule has 148 valence electrons. The number of carbonyl (C=O) groups excluding carboxylic acids is 1. The van der Waals surface area contributed by atoms with E-state index in [1.54, 1.807) is 6.92 Å². The number of rotatable bonds is 1. The zero-order valence-electron chi connectivity index (χ0n) is 16.2. The van der Waals surface area contributed by atoms with Crippen LogP contribution < -0.4 is 0 Å². The molecule has 0 aliphatic heterocycles. The van der Waals surface area contributed by atoms with E-state index in [4.69, 9.17) is 0 Å². The first-order chi connectivity index (χ1) is 11.9.